The molecule has 0 atom stereocenters. The van der Waals surface area contributed by atoms with Gasteiger partial charge in [-0.3, -0.25) is 0 Å². The minimum Gasteiger partial charge on any atom is -0.450 e. The molecule has 0 unspecified atom stereocenters. The summed E-state index contributed by atoms with van der Waals surface area (Å²) in [6.07, 6.45) is 0.944. The average Bonchev–Trinajstić information content (AvgIpc) is 1.80. The van der Waals surface area contributed by atoms with E-state index in [1.807, 2.05) is 0 Å². The van der Waals surface area contributed by atoms with E-state index in [2.05, 4.69) is 10.5 Å². The van der Waals surface area contributed by atoms with Crippen LogP contribution >= 0.6 is 12.4 Å². The summed E-state index contributed by atoms with van der Waals surface area (Å²) in [5, 5.41) is 0. The lowest BCUT2D eigenvalue weighted by Crippen LogP contribution is -2.14. The van der Waals surface area contributed by atoms with Gasteiger partial charge in [-0.05, 0) is 19.4 Å². The first-order chi connectivity index (χ1) is 4.27. The van der Waals surface area contributed by atoms with Gasteiger partial charge in [0.2, 0.25) is 0 Å². The molecule has 0 saturated carbocycles. The second kappa shape index (κ2) is 8.52. The van der Waals surface area contributed by atoms with Crippen molar-refractivity contribution in [2.24, 2.45) is 11.5 Å². The zero-order chi connectivity index (χ0) is 7.11. The third kappa shape index (κ3) is 10.5. The van der Waals surface area contributed by atoms with E-state index in [4.69, 9.17) is 5.73 Å². The fourth-order valence-electron chi connectivity index (χ4n) is 0.419. The number of amides is 1. The Morgan fingerprint density at radius 3 is 2.40 bits per heavy atom. The molecule has 5 heteroatoms. The molecule has 0 aliphatic rings. The first-order valence-corrected chi connectivity index (χ1v) is 2.89. The van der Waals surface area contributed by atoms with Crippen LogP contribution in [0, 0.1) is 0 Å². The number of carbonyl (C=O) groups is 1. The summed E-state index contributed by atoms with van der Waals surface area (Å²) in [6, 6.07) is 0. The number of nitrogens with two attached hydrogens (primary N) is 2. The van der Waals surface area contributed by atoms with E-state index in [0.29, 0.717) is 13.2 Å². The van der Waals surface area contributed by atoms with Crippen molar-refractivity contribution < 1.29 is 9.53 Å². The Kier molecular flexibility index (Phi) is 10.4. The molecule has 0 fully saturated rings. The highest BCUT2D eigenvalue weighted by Gasteiger charge is 1.90. The molecule has 0 aromatic carbocycles. The van der Waals surface area contributed by atoms with Crippen molar-refractivity contribution in [2.45, 2.75) is 12.8 Å². The van der Waals surface area contributed by atoms with E-state index >= 15 is 0 Å². The first-order valence-electron chi connectivity index (χ1n) is 2.89. The topological polar surface area (TPSA) is 78.3 Å². The number of unbranched alkanes of at least 4 members (excludes halogenated alkanes) is 1. The van der Waals surface area contributed by atoms with E-state index in [1.54, 1.807) is 0 Å². The molecule has 0 aliphatic carbocycles. The molecule has 4 N–H and O–H groups in total. The molecule has 10 heavy (non-hydrogen) atoms. The smallest absolute Gasteiger partial charge is 0.404 e. The van der Waals surface area contributed by atoms with Gasteiger partial charge in [0.25, 0.3) is 0 Å². The Bertz CT molecular complexity index is 89.7. The molecule has 1 amide bonds. The largest absolute Gasteiger partial charge is 0.450 e. The molecule has 0 aliphatic heterocycles. The van der Waals surface area contributed by atoms with Crippen LogP contribution in [0.1, 0.15) is 12.8 Å². The highest BCUT2D eigenvalue weighted by molar-refractivity contribution is 5.85. The standard InChI is InChI=1S/C5H12N2O2.ClH/c6-3-1-2-4-9-5(7)8;/h1-4,6H2,(H2,7,8);1H. The maximum Gasteiger partial charge on any atom is 0.404 e. The molecule has 0 radical (unpaired) electrons. The Morgan fingerprint density at radius 2 is 2.00 bits per heavy atom. The monoisotopic (exact) mass is 168 g/mol. The molecule has 62 valence electrons. The average molecular weight is 169 g/mol. The summed E-state index contributed by atoms with van der Waals surface area (Å²) in [6.45, 7) is 1.01. The minimum atomic E-state index is -0.716. The van der Waals surface area contributed by atoms with Crippen molar-refractivity contribution in [3.63, 3.8) is 0 Å². The second-order valence-corrected chi connectivity index (χ2v) is 1.66. The van der Waals surface area contributed by atoms with Gasteiger partial charge in [-0.2, -0.15) is 0 Å². The number of hydrogen-bond donors (Lipinski definition) is 2. The SMILES string of the molecule is Cl.NCCCCOC(N)=O. The third-order valence-corrected chi connectivity index (χ3v) is 0.843. The zero-order valence-electron chi connectivity index (χ0n) is 5.71. The van der Waals surface area contributed by atoms with E-state index in [9.17, 15) is 4.79 Å². The predicted octanol–water partition coefficient (Wildman–Crippen LogP) is 0.242. The Hall–Kier alpha value is -0.480. The molecular formula is C5H13ClN2O2. The quantitative estimate of drug-likeness (QED) is 0.591. The lowest BCUT2D eigenvalue weighted by Gasteiger charge is -1.97. The number of ether oxygens (including phenoxy) is 1. The van der Waals surface area contributed by atoms with Gasteiger partial charge in [-0.25, -0.2) is 4.79 Å². The molecule has 0 spiro atoms. The summed E-state index contributed by atoms with van der Waals surface area (Å²) >= 11 is 0. The van der Waals surface area contributed by atoms with Crippen molar-refractivity contribution in [3.05, 3.63) is 0 Å². The van der Waals surface area contributed by atoms with E-state index in [1.165, 1.54) is 0 Å². The first kappa shape index (κ1) is 12.2. The summed E-state index contributed by atoms with van der Waals surface area (Å²) in [7, 11) is 0. The summed E-state index contributed by atoms with van der Waals surface area (Å²) in [4.78, 5) is 9.93. The van der Waals surface area contributed by atoms with E-state index < -0.39 is 6.09 Å². The number of hydrogen-bond acceptors (Lipinski definition) is 3. The molecule has 0 rings (SSSR count). The van der Waals surface area contributed by atoms with Crippen LogP contribution in [0.5, 0.6) is 0 Å². The second-order valence-electron chi connectivity index (χ2n) is 1.66. The van der Waals surface area contributed by atoms with Crippen LogP contribution in [-0.4, -0.2) is 19.2 Å². The summed E-state index contributed by atoms with van der Waals surface area (Å²) in [5.74, 6) is 0. The zero-order valence-corrected chi connectivity index (χ0v) is 6.52. The highest BCUT2D eigenvalue weighted by Crippen LogP contribution is 1.85. The van der Waals surface area contributed by atoms with Crippen LogP contribution in [0.3, 0.4) is 0 Å². The fraction of sp³-hybridized carbons (Fsp3) is 0.800. The van der Waals surface area contributed by atoms with Gasteiger partial charge in [0.15, 0.2) is 0 Å². The molecule has 0 aromatic rings. The minimum absolute atomic E-state index is 0. The van der Waals surface area contributed by atoms with Gasteiger partial charge in [0.1, 0.15) is 0 Å². The van der Waals surface area contributed by atoms with Gasteiger partial charge >= 0.3 is 6.09 Å². The number of halogens is 1. The van der Waals surface area contributed by atoms with Crippen molar-refractivity contribution in [1.82, 2.24) is 0 Å². The summed E-state index contributed by atoms with van der Waals surface area (Å²) < 4.78 is 4.43. The molecule has 4 nitrogen and oxygen atoms in total. The number of carbonyl (C=O) groups excluding carboxylic acids is 1. The molecule has 0 saturated heterocycles. The molecule has 0 bridgehead atoms. The molecule has 0 aromatic heterocycles. The van der Waals surface area contributed by atoms with Crippen LogP contribution in [-0.2, 0) is 4.74 Å². The molecular weight excluding hydrogens is 156 g/mol. The third-order valence-electron chi connectivity index (χ3n) is 0.843. The molecule has 0 heterocycles. The van der Waals surface area contributed by atoms with Gasteiger partial charge in [-0.1, -0.05) is 0 Å². The maximum atomic E-state index is 9.93. The Balaban J connectivity index is 0. The van der Waals surface area contributed by atoms with E-state index in [0.717, 1.165) is 12.8 Å². The van der Waals surface area contributed by atoms with Crippen molar-refractivity contribution in [2.75, 3.05) is 13.2 Å². The van der Waals surface area contributed by atoms with E-state index in [-0.39, 0.29) is 12.4 Å². The normalized spacial score (nSPS) is 8.10. The maximum absolute atomic E-state index is 9.93. The Labute approximate surface area is 66.3 Å². The summed E-state index contributed by atoms with van der Waals surface area (Å²) in [5.41, 5.74) is 9.86. The number of primary amides is 1. The van der Waals surface area contributed by atoms with Gasteiger partial charge in [-0.15, -0.1) is 12.4 Å². The highest BCUT2D eigenvalue weighted by atomic mass is 35.5. The lowest BCUT2D eigenvalue weighted by atomic mass is 10.3. The van der Waals surface area contributed by atoms with Crippen LogP contribution in [0.2, 0.25) is 0 Å². The Morgan fingerprint density at radius 1 is 1.40 bits per heavy atom. The van der Waals surface area contributed by atoms with Crippen LogP contribution in [0.15, 0.2) is 0 Å². The van der Waals surface area contributed by atoms with Crippen LogP contribution in [0.4, 0.5) is 4.79 Å². The van der Waals surface area contributed by atoms with Crippen molar-refractivity contribution >= 4 is 18.5 Å². The van der Waals surface area contributed by atoms with Crippen LogP contribution < -0.4 is 11.5 Å². The van der Waals surface area contributed by atoms with Crippen LogP contribution in [0.25, 0.3) is 0 Å². The predicted molar refractivity (Wildman–Crippen MR) is 41.1 cm³/mol. The van der Waals surface area contributed by atoms with Gasteiger partial charge in [0, 0.05) is 0 Å². The number of rotatable bonds is 4. The van der Waals surface area contributed by atoms with Gasteiger partial charge in [0.05, 0.1) is 6.61 Å². The van der Waals surface area contributed by atoms with Crippen molar-refractivity contribution in [3.8, 4) is 0 Å². The lowest BCUT2D eigenvalue weighted by molar-refractivity contribution is 0.155. The van der Waals surface area contributed by atoms with Crippen molar-refractivity contribution in [1.29, 1.82) is 0 Å². The fourth-order valence-corrected chi connectivity index (χ4v) is 0.419. The van der Waals surface area contributed by atoms with Gasteiger partial charge < -0.3 is 16.2 Å².